The first-order valence-electron chi connectivity index (χ1n) is 4.91. The van der Waals surface area contributed by atoms with Gasteiger partial charge in [0.1, 0.15) is 11.6 Å². The SMILES string of the molecule is CC(C)c1c(F)cc(C(C=S)NN)cc1F. The van der Waals surface area contributed by atoms with E-state index in [0.717, 1.165) is 0 Å². The van der Waals surface area contributed by atoms with Crippen molar-refractivity contribution in [2.45, 2.75) is 25.8 Å². The van der Waals surface area contributed by atoms with Gasteiger partial charge in [0, 0.05) is 10.9 Å². The first-order chi connectivity index (χ1) is 7.51. The topological polar surface area (TPSA) is 38.0 Å². The number of hydrogen-bond acceptors (Lipinski definition) is 3. The third-order valence-corrected chi connectivity index (χ3v) is 2.63. The van der Waals surface area contributed by atoms with Gasteiger partial charge in [-0.1, -0.05) is 26.1 Å². The molecule has 1 aromatic rings. The lowest BCUT2D eigenvalue weighted by Crippen LogP contribution is -2.28. The lowest BCUT2D eigenvalue weighted by Gasteiger charge is -2.14. The lowest BCUT2D eigenvalue weighted by atomic mass is 9.98. The zero-order valence-electron chi connectivity index (χ0n) is 9.13. The van der Waals surface area contributed by atoms with Gasteiger partial charge in [-0.2, -0.15) is 0 Å². The monoisotopic (exact) mass is 244 g/mol. The second-order valence-corrected chi connectivity index (χ2v) is 4.11. The Morgan fingerprint density at radius 2 is 1.81 bits per heavy atom. The van der Waals surface area contributed by atoms with Crippen molar-refractivity contribution < 1.29 is 8.78 Å². The Morgan fingerprint density at radius 1 is 1.31 bits per heavy atom. The maximum Gasteiger partial charge on any atom is 0.129 e. The molecule has 0 saturated heterocycles. The second kappa shape index (κ2) is 5.43. The van der Waals surface area contributed by atoms with Crippen molar-refractivity contribution in [1.82, 2.24) is 5.43 Å². The summed E-state index contributed by atoms with van der Waals surface area (Å²) < 4.78 is 27.3. The molecule has 0 aliphatic heterocycles. The average Bonchev–Trinajstić information content (AvgIpc) is 2.17. The normalized spacial score (nSPS) is 12.9. The third-order valence-electron chi connectivity index (χ3n) is 2.35. The molecule has 0 amide bonds. The van der Waals surface area contributed by atoms with E-state index in [2.05, 4.69) is 5.43 Å². The van der Waals surface area contributed by atoms with Crippen molar-refractivity contribution >= 4 is 17.6 Å². The number of hydrogen-bond donors (Lipinski definition) is 2. The number of halogens is 2. The molecule has 0 spiro atoms. The summed E-state index contributed by atoms with van der Waals surface area (Å²) in [6.07, 6.45) is 0. The van der Waals surface area contributed by atoms with Crippen LogP contribution in [0.4, 0.5) is 8.78 Å². The molecule has 0 aromatic heterocycles. The molecular formula is C11H14F2N2S. The van der Waals surface area contributed by atoms with E-state index < -0.39 is 17.7 Å². The Labute approximate surface area is 98.8 Å². The molecule has 0 radical (unpaired) electrons. The Balaban J connectivity index is 3.23. The van der Waals surface area contributed by atoms with Gasteiger partial charge in [0.15, 0.2) is 0 Å². The lowest BCUT2D eigenvalue weighted by molar-refractivity contribution is 0.535. The molecule has 0 fully saturated rings. The predicted molar refractivity (Wildman–Crippen MR) is 64.2 cm³/mol. The van der Waals surface area contributed by atoms with Crippen molar-refractivity contribution in [3.8, 4) is 0 Å². The van der Waals surface area contributed by atoms with Crippen LogP contribution in [-0.2, 0) is 0 Å². The molecule has 3 N–H and O–H groups in total. The molecule has 5 heteroatoms. The molecule has 1 rings (SSSR count). The summed E-state index contributed by atoms with van der Waals surface area (Å²) in [5.74, 6) is 3.88. The largest absolute Gasteiger partial charge is 0.271 e. The highest BCUT2D eigenvalue weighted by atomic mass is 32.1. The first-order valence-corrected chi connectivity index (χ1v) is 5.38. The molecule has 0 heterocycles. The summed E-state index contributed by atoms with van der Waals surface area (Å²) in [6.45, 7) is 3.47. The highest BCUT2D eigenvalue weighted by Crippen LogP contribution is 2.25. The smallest absolute Gasteiger partial charge is 0.129 e. The molecule has 88 valence electrons. The van der Waals surface area contributed by atoms with Crippen molar-refractivity contribution in [2.75, 3.05) is 0 Å². The van der Waals surface area contributed by atoms with Gasteiger partial charge in [-0.15, -0.1) is 0 Å². The number of benzene rings is 1. The fourth-order valence-electron chi connectivity index (χ4n) is 1.55. The number of nitrogens with two attached hydrogens (primary N) is 1. The predicted octanol–water partition coefficient (Wildman–Crippen LogP) is 2.59. The summed E-state index contributed by atoms with van der Waals surface area (Å²) in [6, 6.07) is 1.98. The van der Waals surface area contributed by atoms with Crippen LogP contribution in [0.15, 0.2) is 12.1 Å². The Bertz CT molecular complexity index is 371. The van der Waals surface area contributed by atoms with E-state index in [4.69, 9.17) is 18.1 Å². The van der Waals surface area contributed by atoms with Crippen LogP contribution in [-0.4, -0.2) is 5.37 Å². The van der Waals surface area contributed by atoms with Crippen LogP contribution in [0.5, 0.6) is 0 Å². The first kappa shape index (κ1) is 13.2. The minimum absolute atomic E-state index is 0.0869. The molecule has 1 unspecified atom stereocenters. The van der Waals surface area contributed by atoms with Gasteiger partial charge in [-0.3, -0.25) is 5.84 Å². The molecule has 1 atom stereocenters. The molecule has 1 aromatic carbocycles. The van der Waals surface area contributed by atoms with E-state index >= 15 is 0 Å². The van der Waals surface area contributed by atoms with Crippen LogP contribution in [0.25, 0.3) is 0 Å². The summed E-state index contributed by atoms with van der Waals surface area (Å²) in [4.78, 5) is 0. The van der Waals surface area contributed by atoms with Crippen LogP contribution in [0.3, 0.4) is 0 Å². The summed E-state index contributed by atoms with van der Waals surface area (Å²) in [7, 11) is 0. The highest BCUT2D eigenvalue weighted by molar-refractivity contribution is 7.79. The van der Waals surface area contributed by atoms with Gasteiger partial charge >= 0.3 is 0 Å². The second-order valence-electron chi connectivity index (χ2n) is 3.83. The van der Waals surface area contributed by atoms with E-state index in [1.54, 1.807) is 13.8 Å². The molecule has 2 nitrogen and oxygen atoms in total. The van der Waals surface area contributed by atoms with Gasteiger partial charge < -0.3 is 0 Å². The van der Waals surface area contributed by atoms with Crippen LogP contribution >= 0.6 is 12.2 Å². The van der Waals surface area contributed by atoms with Crippen LogP contribution in [0.2, 0.25) is 0 Å². The summed E-state index contributed by atoms with van der Waals surface area (Å²) in [5.41, 5.74) is 2.85. The fraction of sp³-hybridized carbons (Fsp3) is 0.364. The van der Waals surface area contributed by atoms with Crippen molar-refractivity contribution in [3.05, 3.63) is 34.9 Å². The Hall–Kier alpha value is -0.910. The fourth-order valence-corrected chi connectivity index (χ4v) is 1.78. The summed E-state index contributed by atoms with van der Waals surface area (Å²) in [5, 5.41) is 1.32. The van der Waals surface area contributed by atoms with E-state index in [1.807, 2.05) is 0 Å². The van der Waals surface area contributed by atoms with Gasteiger partial charge in [0.05, 0.1) is 6.04 Å². The Kier molecular flexibility index (Phi) is 4.46. The summed E-state index contributed by atoms with van der Waals surface area (Å²) >= 11 is 4.71. The number of thiocarbonyl (C=S) groups is 1. The van der Waals surface area contributed by atoms with Crippen LogP contribution in [0.1, 0.15) is 36.9 Å². The molecule has 0 aliphatic carbocycles. The van der Waals surface area contributed by atoms with Crippen molar-refractivity contribution in [3.63, 3.8) is 0 Å². The molecule has 16 heavy (non-hydrogen) atoms. The minimum Gasteiger partial charge on any atom is -0.271 e. The van der Waals surface area contributed by atoms with E-state index in [0.29, 0.717) is 5.56 Å². The quantitative estimate of drug-likeness (QED) is 0.486. The van der Waals surface area contributed by atoms with Gasteiger partial charge in [0.25, 0.3) is 0 Å². The van der Waals surface area contributed by atoms with E-state index in [-0.39, 0.29) is 11.5 Å². The highest BCUT2D eigenvalue weighted by Gasteiger charge is 2.17. The van der Waals surface area contributed by atoms with Gasteiger partial charge in [-0.25, -0.2) is 14.2 Å². The number of hydrazine groups is 1. The van der Waals surface area contributed by atoms with E-state index in [1.165, 1.54) is 17.5 Å². The maximum absolute atomic E-state index is 13.6. The van der Waals surface area contributed by atoms with Crippen molar-refractivity contribution in [1.29, 1.82) is 0 Å². The number of nitrogens with one attached hydrogen (secondary N) is 1. The van der Waals surface area contributed by atoms with Crippen LogP contribution in [0, 0.1) is 11.6 Å². The molecule has 0 bridgehead atoms. The zero-order chi connectivity index (χ0) is 12.3. The molecule has 0 saturated carbocycles. The van der Waals surface area contributed by atoms with Crippen LogP contribution < -0.4 is 11.3 Å². The van der Waals surface area contributed by atoms with Gasteiger partial charge in [0.2, 0.25) is 0 Å². The number of rotatable bonds is 4. The maximum atomic E-state index is 13.6. The molecular weight excluding hydrogens is 230 g/mol. The van der Waals surface area contributed by atoms with E-state index in [9.17, 15) is 8.78 Å². The van der Waals surface area contributed by atoms with Crippen molar-refractivity contribution in [2.24, 2.45) is 5.84 Å². The Morgan fingerprint density at radius 3 is 2.12 bits per heavy atom. The molecule has 0 aliphatic rings. The third kappa shape index (κ3) is 2.61. The zero-order valence-corrected chi connectivity index (χ0v) is 9.94. The average molecular weight is 244 g/mol. The standard InChI is InChI=1S/C11H14F2N2S/c1-6(2)11-8(12)3-7(4-9(11)13)10(5-16)15-14/h3-6,10,15H,14H2,1-2H3. The minimum atomic E-state index is -0.568. The van der Waals surface area contributed by atoms with Gasteiger partial charge in [-0.05, 0) is 23.6 Å².